The topological polar surface area (TPSA) is 51.8 Å². The molecule has 0 aliphatic rings. The molecule has 6 heteroatoms. The lowest BCUT2D eigenvalue weighted by molar-refractivity contribution is 0.418. The second-order valence-corrected chi connectivity index (χ2v) is 3.07. The lowest BCUT2D eigenvalue weighted by Gasteiger charge is -1.95. The van der Waals surface area contributed by atoms with Crippen molar-refractivity contribution in [2.75, 3.05) is 0 Å². The van der Waals surface area contributed by atoms with Gasteiger partial charge in [-0.2, -0.15) is 4.98 Å². The summed E-state index contributed by atoms with van der Waals surface area (Å²) in [6.45, 7) is 0. The number of pyridine rings is 1. The van der Waals surface area contributed by atoms with Gasteiger partial charge in [0.25, 0.3) is 0 Å². The SMILES string of the molecule is Clc1cc(Cl)nc(-c2ncon2)c1. The maximum absolute atomic E-state index is 5.76. The minimum atomic E-state index is 0.298. The van der Waals surface area contributed by atoms with Crippen molar-refractivity contribution in [3.05, 3.63) is 28.7 Å². The monoisotopic (exact) mass is 215 g/mol. The van der Waals surface area contributed by atoms with Gasteiger partial charge in [-0.15, -0.1) is 0 Å². The van der Waals surface area contributed by atoms with Crippen LogP contribution in [0.1, 0.15) is 0 Å². The first kappa shape index (κ1) is 8.47. The Balaban J connectivity index is 2.53. The molecule has 2 heterocycles. The number of nitrogens with zero attached hydrogens (tertiary/aromatic N) is 3. The van der Waals surface area contributed by atoms with Crippen LogP contribution in [-0.4, -0.2) is 15.1 Å². The molecule has 0 saturated carbocycles. The van der Waals surface area contributed by atoms with E-state index in [1.807, 2.05) is 0 Å². The average molecular weight is 216 g/mol. The minimum Gasteiger partial charge on any atom is -0.342 e. The van der Waals surface area contributed by atoms with Crippen LogP contribution in [0.2, 0.25) is 10.2 Å². The smallest absolute Gasteiger partial charge is 0.220 e. The first-order chi connectivity index (χ1) is 6.25. The van der Waals surface area contributed by atoms with Crippen molar-refractivity contribution in [2.45, 2.75) is 0 Å². The molecule has 0 aliphatic heterocycles. The molecule has 2 aromatic heterocycles. The van der Waals surface area contributed by atoms with Gasteiger partial charge >= 0.3 is 0 Å². The fraction of sp³-hybridized carbons (Fsp3) is 0. The largest absolute Gasteiger partial charge is 0.342 e. The van der Waals surface area contributed by atoms with Crippen LogP contribution in [0.5, 0.6) is 0 Å². The summed E-state index contributed by atoms with van der Waals surface area (Å²) in [5.74, 6) is 0.365. The number of aromatic nitrogens is 3. The van der Waals surface area contributed by atoms with Gasteiger partial charge in [-0.25, -0.2) is 4.98 Å². The standard InChI is InChI=1S/C7H3Cl2N3O/c8-4-1-5(11-6(9)2-4)7-10-3-13-12-7/h1-3H. The van der Waals surface area contributed by atoms with Crippen molar-refractivity contribution in [3.8, 4) is 11.5 Å². The van der Waals surface area contributed by atoms with E-state index in [2.05, 4.69) is 19.6 Å². The number of rotatable bonds is 1. The van der Waals surface area contributed by atoms with Crippen LogP contribution in [0.15, 0.2) is 23.0 Å². The van der Waals surface area contributed by atoms with Crippen LogP contribution in [0.25, 0.3) is 11.5 Å². The molecule has 0 unspecified atom stereocenters. The molecule has 66 valence electrons. The Morgan fingerprint density at radius 2 is 2.08 bits per heavy atom. The van der Waals surface area contributed by atoms with Gasteiger partial charge in [0, 0.05) is 5.02 Å². The molecule has 4 nitrogen and oxygen atoms in total. The van der Waals surface area contributed by atoms with Gasteiger partial charge < -0.3 is 4.52 Å². The van der Waals surface area contributed by atoms with Gasteiger partial charge in [-0.3, -0.25) is 0 Å². The third kappa shape index (κ3) is 1.79. The lowest BCUT2D eigenvalue weighted by Crippen LogP contribution is -1.86. The molecule has 0 radical (unpaired) electrons. The molecular weight excluding hydrogens is 213 g/mol. The van der Waals surface area contributed by atoms with E-state index in [1.54, 1.807) is 6.07 Å². The molecule has 2 rings (SSSR count). The number of hydrogen-bond acceptors (Lipinski definition) is 4. The summed E-state index contributed by atoms with van der Waals surface area (Å²) in [6, 6.07) is 3.14. The third-order valence-corrected chi connectivity index (χ3v) is 1.76. The summed E-state index contributed by atoms with van der Waals surface area (Å²) < 4.78 is 4.56. The molecule has 0 bridgehead atoms. The fourth-order valence-electron chi connectivity index (χ4n) is 0.864. The van der Waals surface area contributed by atoms with Crippen molar-refractivity contribution in [2.24, 2.45) is 0 Å². The van der Waals surface area contributed by atoms with Gasteiger partial charge in [-0.1, -0.05) is 28.4 Å². The lowest BCUT2D eigenvalue weighted by atomic mass is 10.3. The zero-order valence-corrected chi connectivity index (χ0v) is 7.75. The summed E-state index contributed by atoms with van der Waals surface area (Å²) in [7, 11) is 0. The van der Waals surface area contributed by atoms with Gasteiger partial charge in [0.15, 0.2) is 0 Å². The minimum absolute atomic E-state index is 0.298. The molecule has 0 spiro atoms. The summed E-state index contributed by atoms with van der Waals surface area (Å²) in [5, 5.41) is 4.39. The Hall–Kier alpha value is -1.13. The van der Waals surface area contributed by atoms with Crippen molar-refractivity contribution in [3.63, 3.8) is 0 Å². The molecule has 0 aliphatic carbocycles. The van der Waals surface area contributed by atoms with Crippen molar-refractivity contribution < 1.29 is 4.52 Å². The van der Waals surface area contributed by atoms with Crippen LogP contribution >= 0.6 is 23.2 Å². The van der Waals surface area contributed by atoms with Crippen molar-refractivity contribution >= 4 is 23.2 Å². The molecule has 0 aromatic carbocycles. The molecule has 0 atom stereocenters. The summed E-state index contributed by atoms with van der Waals surface area (Å²) >= 11 is 11.4. The fourth-order valence-corrected chi connectivity index (χ4v) is 1.33. The van der Waals surface area contributed by atoms with Crippen LogP contribution in [0.3, 0.4) is 0 Å². The highest BCUT2D eigenvalue weighted by Gasteiger charge is 2.06. The van der Waals surface area contributed by atoms with Crippen molar-refractivity contribution in [1.82, 2.24) is 15.1 Å². The normalized spacial score (nSPS) is 10.3. The van der Waals surface area contributed by atoms with E-state index in [-0.39, 0.29) is 0 Å². The highest BCUT2D eigenvalue weighted by molar-refractivity contribution is 6.34. The highest BCUT2D eigenvalue weighted by atomic mass is 35.5. The number of hydrogen-bond donors (Lipinski definition) is 0. The van der Waals surface area contributed by atoms with Gasteiger partial charge in [0.1, 0.15) is 10.8 Å². The first-order valence-electron chi connectivity index (χ1n) is 3.35. The Labute approximate surface area is 83.5 Å². The van der Waals surface area contributed by atoms with E-state index in [4.69, 9.17) is 23.2 Å². The second kappa shape index (κ2) is 3.32. The molecule has 0 N–H and O–H groups in total. The van der Waals surface area contributed by atoms with Crippen LogP contribution < -0.4 is 0 Å². The quantitative estimate of drug-likeness (QED) is 0.687. The molecule has 0 fully saturated rings. The summed E-state index contributed by atoms with van der Waals surface area (Å²) in [4.78, 5) is 7.78. The van der Waals surface area contributed by atoms with E-state index in [0.717, 1.165) is 0 Å². The van der Waals surface area contributed by atoms with E-state index < -0.39 is 0 Å². The predicted octanol–water partition coefficient (Wildman–Crippen LogP) is 2.44. The molecular formula is C7H3Cl2N3O. The summed E-state index contributed by atoms with van der Waals surface area (Å²) in [6.07, 6.45) is 1.21. The zero-order chi connectivity index (χ0) is 9.26. The van der Waals surface area contributed by atoms with Gasteiger partial charge in [0.2, 0.25) is 12.2 Å². The predicted molar refractivity (Wildman–Crippen MR) is 47.5 cm³/mol. The Morgan fingerprint density at radius 3 is 2.69 bits per heavy atom. The van der Waals surface area contributed by atoms with Crippen molar-refractivity contribution in [1.29, 1.82) is 0 Å². The van der Waals surface area contributed by atoms with Crippen LogP contribution in [0, 0.1) is 0 Å². The number of halogens is 2. The van der Waals surface area contributed by atoms with Crippen LogP contribution in [-0.2, 0) is 0 Å². The maximum Gasteiger partial charge on any atom is 0.220 e. The third-order valence-electron chi connectivity index (χ3n) is 1.35. The second-order valence-electron chi connectivity index (χ2n) is 2.25. The first-order valence-corrected chi connectivity index (χ1v) is 4.11. The van der Waals surface area contributed by atoms with Gasteiger partial charge in [-0.05, 0) is 12.1 Å². The highest BCUT2D eigenvalue weighted by Crippen LogP contribution is 2.20. The molecule has 0 amide bonds. The van der Waals surface area contributed by atoms with E-state index in [9.17, 15) is 0 Å². The van der Waals surface area contributed by atoms with Crippen LogP contribution in [0.4, 0.5) is 0 Å². The summed E-state index contributed by atoms with van der Waals surface area (Å²) in [5.41, 5.74) is 0.492. The molecule has 0 saturated heterocycles. The Morgan fingerprint density at radius 1 is 1.23 bits per heavy atom. The van der Waals surface area contributed by atoms with E-state index >= 15 is 0 Å². The van der Waals surface area contributed by atoms with E-state index in [1.165, 1.54) is 12.5 Å². The molecule has 2 aromatic rings. The zero-order valence-electron chi connectivity index (χ0n) is 6.24. The van der Waals surface area contributed by atoms with Gasteiger partial charge in [0.05, 0.1) is 0 Å². The Bertz CT molecular complexity index is 395. The maximum atomic E-state index is 5.76. The molecule has 13 heavy (non-hydrogen) atoms. The Kier molecular flexibility index (Phi) is 2.16. The van der Waals surface area contributed by atoms with E-state index in [0.29, 0.717) is 21.7 Å². The average Bonchev–Trinajstić information content (AvgIpc) is 2.53.